The molecule has 0 amide bonds. The highest BCUT2D eigenvalue weighted by molar-refractivity contribution is 6.12. The topological polar surface area (TPSA) is 94.2 Å². The summed E-state index contributed by atoms with van der Waals surface area (Å²) in [5, 5.41) is 13.3. The van der Waals surface area contributed by atoms with Gasteiger partial charge in [0.2, 0.25) is 5.89 Å². The van der Waals surface area contributed by atoms with Gasteiger partial charge in [0, 0.05) is 16.7 Å². The van der Waals surface area contributed by atoms with Crippen LogP contribution >= 0.6 is 0 Å². The van der Waals surface area contributed by atoms with Crippen LogP contribution in [0.3, 0.4) is 0 Å². The third-order valence-corrected chi connectivity index (χ3v) is 5.40. The highest BCUT2D eigenvalue weighted by Crippen LogP contribution is 2.24. The van der Waals surface area contributed by atoms with Gasteiger partial charge >= 0.3 is 5.97 Å². The van der Waals surface area contributed by atoms with Gasteiger partial charge in [0.25, 0.3) is 0 Å². The lowest BCUT2D eigenvalue weighted by atomic mass is 10.0. The van der Waals surface area contributed by atoms with E-state index in [2.05, 4.69) is 10.1 Å². The summed E-state index contributed by atoms with van der Waals surface area (Å²) < 4.78 is 11.2. The van der Waals surface area contributed by atoms with Gasteiger partial charge in [-0.3, -0.25) is 0 Å². The summed E-state index contributed by atoms with van der Waals surface area (Å²) in [6.07, 6.45) is 0. The molecule has 0 radical (unpaired) electrons. The molecular formula is C28H26N2O5. The molecule has 4 rings (SSSR count). The van der Waals surface area contributed by atoms with Gasteiger partial charge in [-0.2, -0.15) is 0 Å². The number of nitrogens with zero attached hydrogens (tertiary/aromatic N) is 2. The lowest BCUT2D eigenvalue weighted by Crippen LogP contribution is -2.11. The minimum atomic E-state index is -1.03. The van der Waals surface area contributed by atoms with Gasteiger partial charge in [-0.05, 0) is 56.7 Å². The van der Waals surface area contributed by atoms with E-state index in [-0.39, 0.29) is 6.61 Å². The van der Waals surface area contributed by atoms with Crippen molar-refractivity contribution < 1.29 is 23.9 Å². The molecule has 7 nitrogen and oxygen atoms in total. The van der Waals surface area contributed by atoms with Crippen molar-refractivity contribution in [2.75, 3.05) is 6.61 Å². The summed E-state index contributed by atoms with van der Waals surface area (Å²) in [5.41, 5.74) is 5.86. The molecule has 0 saturated carbocycles. The van der Waals surface area contributed by atoms with E-state index in [9.17, 15) is 4.79 Å². The molecular weight excluding hydrogens is 444 g/mol. The van der Waals surface area contributed by atoms with Crippen LogP contribution in [0, 0.1) is 20.8 Å². The number of carboxylic acids is 1. The molecule has 0 fully saturated rings. The molecule has 7 heteroatoms. The van der Waals surface area contributed by atoms with E-state index < -0.39 is 12.6 Å². The van der Waals surface area contributed by atoms with Crippen molar-refractivity contribution in [2.24, 2.45) is 5.16 Å². The van der Waals surface area contributed by atoms with Crippen molar-refractivity contribution in [1.82, 2.24) is 4.98 Å². The first-order valence-electron chi connectivity index (χ1n) is 11.1. The Morgan fingerprint density at radius 2 is 1.71 bits per heavy atom. The maximum absolute atomic E-state index is 10.8. The minimum Gasteiger partial charge on any atom is -0.482 e. The molecule has 4 aromatic rings. The number of oxime groups is 1. The molecule has 0 saturated heterocycles. The number of carboxylic acid groups (broad SMARTS) is 1. The van der Waals surface area contributed by atoms with Crippen molar-refractivity contribution >= 4 is 11.7 Å². The normalized spacial score (nSPS) is 11.3. The van der Waals surface area contributed by atoms with Crippen molar-refractivity contribution in [3.05, 3.63) is 107 Å². The SMILES string of the molecule is Cc1ccc(-c2nc(CO/N=C(\c3ccccc3)c3ccc(OCC(=O)O)c(C)c3)c(C)o2)cc1. The summed E-state index contributed by atoms with van der Waals surface area (Å²) in [4.78, 5) is 21.2. The van der Waals surface area contributed by atoms with E-state index >= 15 is 0 Å². The Labute approximate surface area is 203 Å². The number of hydrogen-bond donors (Lipinski definition) is 1. The third-order valence-electron chi connectivity index (χ3n) is 5.40. The van der Waals surface area contributed by atoms with Crippen LogP contribution < -0.4 is 4.74 Å². The second-order valence-corrected chi connectivity index (χ2v) is 8.13. The van der Waals surface area contributed by atoms with Crippen LogP contribution in [0.1, 0.15) is 33.7 Å². The number of aromatic nitrogens is 1. The van der Waals surface area contributed by atoms with E-state index in [0.717, 1.165) is 22.3 Å². The largest absolute Gasteiger partial charge is 0.482 e. The van der Waals surface area contributed by atoms with Gasteiger partial charge in [-0.1, -0.05) is 53.2 Å². The van der Waals surface area contributed by atoms with Crippen LogP contribution in [0.25, 0.3) is 11.5 Å². The molecule has 1 aromatic heterocycles. The number of aryl methyl sites for hydroxylation is 3. The fourth-order valence-electron chi connectivity index (χ4n) is 3.51. The predicted molar refractivity (Wildman–Crippen MR) is 133 cm³/mol. The van der Waals surface area contributed by atoms with E-state index in [4.69, 9.17) is 19.1 Å². The molecule has 0 aliphatic rings. The zero-order valence-electron chi connectivity index (χ0n) is 19.8. The number of carbonyl (C=O) groups is 1. The zero-order valence-corrected chi connectivity index (χ0v) is 19.8. The van der Waals surface area contributed by atoms with E-state index in [0.29, 0.717) is 28.8 Å². The molecule has 3 aromatic carbocycles. The Bertz CT molecular complexity index is 1340. The molecule has 1 N–H and O–H groups in total. The molecule has 178 valence electrons. The molecule has 0 unspecified atom stereocenters. The number of oxazole rings is 1. The van der Waals surface area contributed by atoms with Crippen LogP contribution in [-0.2, 0) is 16.2 Å². The predicted octanol–water partition coefficient (Wildman–Crippen LogP) is 5.70. The van der Waals surface area contributed by atoms with Crippen molar-refractivity contribution in [3.8, 4) is 17.2 Å². The fourth-order valence-corrected chi connectivity index (χ4v) is 3.51. The lowest BCUT2D eigenvalue weighted by molar-refractivity contribution is -0.139. The number of aliphatic carboxylic acids is 1. The monoisotopic (exact) mass is 470 g/mol. The zero-order chi connectivity index (χ0) is 24.8. The molecule has 0 aliphatic heterocycles. The Morgan fingerprint density at radius 3 is 2.40 bits per heavy atom. The number of benzene rings is 3. The van der Waals surface area contributed by atoms with Crippen LogP contribution in [0.15, 0.2) is 82.4 Å². The van der Waals surface area contributed by atoms with Crippen LogP contribution in [-0.4, -0.2) is 28.4 Å². The molecule has 0 spiro atoms. The maximum atomic E-state index is 10.8. The van der Waals surface area contributed by atoms with Crippen molar-refractivity contribution in [3.63, 3.8) is 0 Å². The molecule has 35 heavy (non-hydrogen) atoms. The molecule has 1 heterocycles. The average molecular weight is 471 g/mol. The highest BCUT2D eigenvalue weighted by Gasteiger charge is 2.14. The van der Waals surface area contributed by atoms with Gasteiger partial charge < -0.3 is 19.1 Å². The van der Waals surface area contributed by atoms with Gasteiger partial charge in [0.05, 0.1) is 0 Å². The summed E-state index contributed by atoms with van der Waals surface area (Å²) in [6.45, 7) is 5.49. The van der Waals surface area contributed by atoms with E-state index in [1.807, 2.05) is 87.5 Å². The smallest absolute Gasteiger partial charge is 0.341 e. The van der Waals surface area contributed by atoms with E-state index in [1.165, 1.54) is 5.56 Å². The second kappa shape index (κ2) is 10.7. The molecule has 0 aliphatic carbocycles. The first-order chi connectivity index (χ1) is 16.9. The Morgan fingerprint density at radius 1 is 0.971 bits per heavy atom. The van der Waals surface area contributed by atoms with Crippen molar-refractivity contribution in [1.29, 1.82) is 0 Å². The first-order valence-corrected chi connectivity index (χ1v) is 11.1. The van der Waals surface area contributed by atoms with Gasteiger partial charge in [-0.15, -0.1) is 0 Å². The standard InChI is InChI=1S/C28H26N2O5/c1-18-9-11-22(12-10-18)28-29-24(20(3)35-28)16-34-30-27(21-7-5-4-6-8-21)23-13-14-25(19(2)15-23)33-17-26(31)32/h4-15H,16-17H2,1-3H3,(H,31,32)/b30-27+. The number of ether oxygens (including phenoxy) is 1. The fraction of sp³-hybridized carbons (Fsp3) is 0.179. The third kappa shape index (κ3) is 5.95. The summed E-state index contributed by atoms with van der Waals surface area (Å²) in [7, 11) is 0. The van der Waals surface area contributed by atoms with Gasteiger partial charge in [0.1, 0.15) is 22.9 Å². The van der Waals surface area contributed by atoms with Gasteiger partial charge in [-0.25, -0.2) is 9.78 Å². The van der Waals surface area contributed by atoms with Gasteiger partial charge in [0.15, 0.2) is 13.2 Å². The minimum absolute atomic E-state index is 0.149. The Balaban J connectivity index is 1.56. The van der Waals surface area contributed by atoms with Crippen LogP contribution in [0.4, 0.5) is 0 Å². The lowest BCUT2D eigenvalue weighted by Gasteiger charge is -2.11. The number of hydrogen-bond acceptors (Lipinski definition) is 6. The Hall–Kier alpha value is -4.39. The summed E-state index contributed by atoms with van der Waals surface area (Å²) >= 11 is 0. The van der Waals surface area contributed by atoms with Crippen LogP contribution in [0.5, 0.6) is 5.75 Å². The second-order valence-electron chi connectivity index (χ2n) is 8.13. The van der Waals surface area contributed by atoms with E-state index in [1.54, 1.807) is 6.07 Å². The Kier molecular flexibility index (Phi) is 7.26. The van der Waals surface area contributed by atoms with Crippen molar-refractivity contribution in [2.45, 2.75) is 27.4 Å². The highest BCUT2D eigenvalue weighted by atomic mass is 16.6. The maximum Gasteiger partial charge on any atom is 0.341 e. The quantitative estimate of drug-likeness (QED) is 0.249. The molecule has 0 bridgehead atoms. The summed E-state index contributed by atoms with van der Waals surface area (Å²) in [5.74, 6) is 0.696. The molecule has 0 atom stereocenters. The first kappa shape index (κ1) is 23.8. The summed E-state index contributed by atoms with van der Waals surface area (Å²) in [6, 6.07) is 23.1. The average Bonchev–Trinajstić information content (AvgIpc) is 3.22. The van der Waals surface area contributed by atoms with Crippen LogP contribution in [0.2, 0.25) is 0 Å². The number of rotatable bonds is 9.